The molecule has 0 saturated heterocycles. The van der Waals surface area contributed by atoms with E-state index in [2.05, 4.69) is 15.4 Å². The molecule has 0 aliphatic carbocycles. The van der Waals surface area contributed by atoms with Crippen molar-refractivity contribution in [3.63, 3.8) is 0 Å². The summed E-state index contributed by atoms with van der Waals surface area (Å²) >= 11 is 9.07. The van der Waals surface area contributed by atoms with Crippen molar-refractivity contribution in [3.8, 4) is 10.6 Å². The molecule has 0 aliphatic rings. The SMILES string of the molecule is CN=c1scc(-c2ccc(Cl)s2)n1N=Cc1ccc(NC(C)=O)cc1. The van der Waals surface area contributed by atoms with Crippen LogP contribution in [0.15, 0.2) is 51.9 Å². The molecule has 0 atom stereocenters. The minimum Gasteiger partial charge on any atom is -0.326 e. The first-order valence-electron chi connectivity index (χ1n) is 7.38. The van der Waals surface area contributed by atoms with Crippen molar-refractivity contribution >= 4 is 52.1 Å². The molecule has 8 heteroatoms. The Bertz CT molecular complexity index is 983. The molecule has 5 nitrogen and oxygen atoms in total. The number of aromatic nitrogens is 1. The van der Waals surface area contributed by atoms with Crippen LogP contribution in [0.25, 0.3) is 10.6 Å². The van der Waals surface area contributed by atoms with Crippen LogP contribution in [0.1, 0.15) is 12.5 Å². The first-order chi connectivity index (χ1) is 12.1. The maximum atomic E-state index is 11.1. The number of carbonyl (C=O) groups is 1. The van der Waals surface area contributed by atoms with E-state index in [9.17, 15) is 4.79 Å². The van der Waals surface area contributed by atoms with Crippen LogP contribution in [0.2, 0.25) is 4.34 Å². The Hall–Kier alpha value is -2.22. The summed E-state index contributed by atoms with van der Waals surface area (Å²) in [6.45, 7) is 1.48. The lowest BCUT2D eigenvalue weighted by Gasteiger charge is -2.02. The van der Waals surface area contributed by atoms with Gasteiger partial charge in [0.2, 0.25) is 10.7 Å². The van der Waals surface area contributed by atoms with Gasteiger partial charge >= 0.3 is 0 Å². The molecule has 0 bridgehead atoms. The number of carbonyl (C=O) groups excluding carboxylic acids is 1. The van der Waals surface area contributed by atoms with Gasteiger partial charge < -0.3 is 5.32 Å². The quantitative estimate of drug-likeness (QED) is 0.663. The number of hydrogen-bond acceptors (Lipinski definition) is 5. The van der Waals surface area contributed by atoms with Gasteiger partial charge in [0.25, 0.3) is 0 Å². The summed E-state index contributed by atoms with van der Waals surface area (Å²) < 4.78 is 2.54. The fourth-order valence-corrected chi connectivity index (χ4v) is 4.08. The van der Waals surface area contributed by atoms with E-state index in [0.717, 1.165) is 31.0 Å². The van der Waals surface area contributed by atoms with Crippen molar-refractivity contribution in [2.24, 2.45) is 10.1 Å². The molecule has 2 heterocycles. The minimum atomic E-state index is -0.0938. The summed E-state index contributed by atoms with van der Waals surface area (Å²) in [5, 5.41) is 9.32. The second-order valence-electron chi connectivity index (χ2n) is 5.09. The molecule has 3 aromatic rings. The number of thiazole rings is 1. The van der Waals surface area contributed by atoms with Crippen LogP contribution in [0.5, 0.6) is 0 Å². The minimum absolute atomic E-state index is 0.0938. The molecule has 128 valence electrons. The topological polar surface area (TPSA) is 58.8 Å². The highest BCUT2D eigenvalue weighted by atomic mass is 35.5. The number of nitrogens with one attached hydrogen (secondary N) is 1. The lowest BCUT2D eigenvalue weighted by Crippen LogP contribution is -2.11. The molecule has 0 fully saturated rings. The molecule has 0 unspecified atom stereocenters. The van der Waals surface area contributed by atoms with Gasteiger partial charge in [-0.2, -0.15) is 5.10 Å². The highest BCUT2D eigenvalue weighted by molar-refractivity contribution is 7.19. The standard InChI is InChI=1S/C17H15ClN4OS2/c1-11(23)21-13-5-3-12(4-6-13)9-20-22-14(10-24-17(22)19-2)15-7-8-16(18)25-15/h3-10H,1-2H3,(H,21,23). The second kappa shape index (κ2) is 7.77. The van der Waals surface area contributed by atoms with Gasteiger partial charge in [0.05, 0.1) is 21.1 Å². The summed E-state index contributed by atoms with van der Waals surface area (Å²) in [5.74, 6) is -0.0938. The van der Waals surface area contributed by atoms with Gasteiger partial charge in [-0.05, 0) is 29.8 Å². The molecule has 0 spiro atoms. The monoisotopic (exact) mass is 390 g/mol. The van der Waals surface area contributed by atoms with E-state index in [4.69, 9.17) is 11.6 Å². The molecule has 0 aliphatic heterocycles. The summed E-state index contributed by atoms with van der Waals surface area (Å²) in [5.41, 5.74) is 2.63. The van der Waals surface area contributed by atoms with Crippen LogP contribution in [-0.2, 0) is 4.79 Å². The van der Waals surface area contributed by atoms with E-state index in [1.54, 1.807) is 17.9 Å². The van der Waals surface area contributed by atoms with Crippen LogP contribution in [0.4, 0.5) is 5.69 Å². The Morgan fingerprint density at radius 1 is 1.24 bits per heavy atom. The highest BCUT2D eigenvalue weighted by Gasteiger charge is 2.09. The zero-order valence-electron chi connectivity index (χ0n) is 13.6. The van der Waals surface area contributed by atoms with Crippen molar-refractivity contribution in [3.05, 3.63) is 56.5 Å². The van der Waals surface area contributed by atoms with Crippen molar-refractivity contribution in [2.75, 3.05) is 12.4 Å². The first-order valence-corrected chi connectivity index (χ1v) is 9.45. The summed E-state index contributed by atoms with van der Waals surface area (Å²) in [6, 6.07) is 11.3. The Balaban J connectivity index is 1.91. The van der Waals surface area contributed by atoms with E-state index >= 15 is 0 Å². The third-order valence-corrected chi connectivity index (χ3v) is 5.42. The van der Waals surface area contributed by atoms with Crippen LogP contribution in [0, 0.1) is 0 Å². The van der Waals surface area contributed by atoms with E-state index in [-0.39, 0.29) is 5.91 Å². The smallest absolute Gasteiger partial charge is 0.221 e. The average molecular weight is 391 g/mol. The lowest BCUT2D eigenvalue weighted by atomic mass is 10.2. The maximum Gasteiger partial charge on any atom is 0.221 e. The predicted molar refractivity (Wildman–Crippen MR) is 106 cm³/mol. The van der Waals surface area contributed by atoms with Gasteiger partial charge in [-0.15, -0.1) is 22.7 Å². The summed E-state index contributed by atoms with van der Waals surface area (Å²) in [7, 11) is 1.74. The molecule has 1 aromatic carbocycles. The number of halogens is 1. The third kappa shape index (κ3) is 4.25. The Labute approximate surface area is 157 Å². The maximum absolute atomic E-state index is 11.1. The first kappa shape index (κ1) is 17.6. The molecule has 1 amide bonds. The van der Waals surface area contributed by atoms with Gasteiger partial charge in [-0.3, -0.25) is 9.79 Å². The predicted octanol–water partition coefficient (Wildman–Crippen LogP) is 4.30. The van der Waals surface area contributed by atoms with Crippen molar-refractivity contribution in [2.45, 2.75) is 6.92 Å². The van der Waals surface area contributed by atoms with Gasteiger partial charge in [0.15, 0.2) is 0 Å². The van der Waals surface area contributed by atoms with Crippen molar-refractivity contribution in [1.29, 1.82) is 0 Å². The Morgan fingerprint density at radius 2 is 2.00 bits per heavy atom. The molecular weight excluding hydrogens is 376 g/mol. The molecule has 1 N–H and O–H groups in total. The summed E-state index contributed by atoms with van der Waals surface area (Å²) in [6.07, 6.45) is 1.76. The third-order valence-electron chi connectivity index (χ3n) is 3.26. The molecule has 2 aromatic heterocycles. The number of thiophene rings is 1. The van der Waals surface area contributed by atoms with E-state index in [1.165, 1.54) is 29.6 Å². The molecule has 25 heavy (non-hydrogen) atoms. The van der Waals surface area contributed by atoms with Gasteiger partial charge in [0, 0.05) is 25.0 Å². The molecule has 0 saturated carbocycles. The number of amides is 1. The Morgan fingerprint density at radius 3 is 2.60 bits per heavy atom. The van der Waals surface area contributed by atoms with Crippen molar-refractivity contribution in [1.82, 2.24) is 4.68 Å². The summed E-state index contributed by atoms with van der Waals surface area (Å²) in [4.78, 5) is 17.2. The normalized spacial score (nSPS) is 12.0. The largest absolute Gasteiger partial charge is 0.326 e. The average Bonchev–Trinajstić information content (AvgIpc) is 3.19. The molecule has 3 rings (SSSR count). The Kier molecular flexibility index (Phi) is 5.47. The lowest BCUT2D eigenvalue weighted by molar-refractivity contribution is -0.114. The van der Waals surface area contributed by atoms with E-state index in [1.807, 2.05) is 41.8 Å². The van der Waals surface area contributed by atoms with Crippen LogP contribution in [-0.4, -0.2) is 23.8 Å². The number of rotatable bonds is 4. The number of anilines is 1. The zero-order valence-corrected chi connectivity index (χ0v) is 16.0. The van der Waals surface area contributed by atoms with Crippen molar-refractivity contribution < 1.29 is 4.79 Å². The fourth-order valence-electron chi connectivity index (χ4n) is 2.17. The van der Waals surface area contributed by atoms with Gasteiger partial charge in [-0.1, -0.05) is 23.7 Å². The number of benzene rings is 1. The number of hydrogen-bond donors (Lipinski definition) is 1. The van der Waals surface area contributed by atoms with E-state index in [0.29, 0.717) is 0 Å². The van der Waals surface area contributed by atoms with Crippen LogP contribution < -0.4 is 10.1 Å². The fraction of sp³-hybridized carbons (Fsp3) is 0.118. The molecular formula is C17H15ClN4OS2. The zero-order chi connectivity index (χ0) is 17.8. The second-order valence-corrected chi connectivity index (χ2v) is 7.64. The van der Waals surface area contributed by atoms with Crippen LogP contribution in [0.3, 0.4) is 0 Å². The van der Waals surface area contributed by atoms with Gasteiger partial charge in [-0.25, -0.2) is 4.68 Å². The number of nitrogens with zero attached hydrogens (tertiary/aromatic N) is 3. The highest BCUT2D eigenvalue weighted by Crippen LogP contribution is 2.31. The molecule has 0 radical (unpaired) electrons. The van der Waals surface area contributed by atoms with Gasteiger partial charge in [0.1, 0.15) is 0 Å². The van der Waals surface area contributed by atoms with E-state index < -0.39 is 0 Å². The van der Waals surface area contributed by atoms with Crippen LogP contribution >= 0.6 is 34.3 Å².